The van der Waals surface area contributed by atoms with Crippen molar-refractivity contribution in [1.82, 2.24) is 4.90 Å². The van der Waals surface area contributed by atoms with Crippen molar-refractivity contribution in [1.29, 1.82) is 0 Å². The van der Waals surface area contributed by atoms with E-state index in [4.69, 9.17) is 0 Å². The first kappa shape index (κ1) is 20.1. The van der Waals surface area contributed by atoms with Crippen molar-refractivity contribution in [3.05, 3.63) is 0 Å². The van der Waals surface area contributed by atoms with Crippen LogP contribution in [0.5, 0.6) is 0 Å². The molecule has 1 N–H and O–H groups in total. The fourth-order valence-electron chi connectivity index (χ4n) is 3.06. The molecule has 0 aliphatic carbocycles. The van der Waals surface area contributed by atoms with Gasteiger partial charge in [-0.2, -0.15) is 8.42 Å². The first-order chi connectivity index (χ1) is 10.8. The predicted molar refractivity (Wildman–Crippen MR) is 88.5 cm³/mol. The summed E-state index contributed by atoms with van der Waals surface area (Å²) in [6, 6.07) is 0. The van der Waals surface area contributed by atoms with Crippen LogP contribution in [0, 0.1) is 0 Å². The highest BCUT2D eigenvalue weighted by Gasteiger charge is 2.59. The lowest BCUT2D eigenvalue weighted by molar-refractivity contribution is -0.139. The van der Waals surface area contributed by atoms with E-state index in [0.717, 1.165) is 43.4 Å². The molecule has 1 unspecified atom stereocenters. The summed E-state index contributed by atoms with van der Waals surface area (Å²) >= 11 is 0. The molecule has 0 radical (unpaired) electrons. The zero-order valence-corrected chi connectivity index (χ0v) is 15.0. The molecule has 0 aromatic rings. The molecule has 1 atom stereocenters. The number of hydrogen-bond donors (Lipinski definition) is 1. The van der Waals surface area contributed by atoms with E-state index in [9.17, 15) is 22.6 Å². The van der Waals surface area contributed by atoms with Gasteiger partial charge in [-0.1, -0.05) is 58.8 Å². The van der Waals surface area contributed by atoms with Crippen molar-refractivity contribution in [3.8, 4) is 0 Å². The summed E-state index contributed by atoms with van der Waals surface area (Å²) in [7, 11) is -4.61. The number of imide groups is 1. The molecule has 0 bridgehead atoms. The van der Waals surface area contributed by atoms with E-state index in [1.54, 1.807) is 0 Å². The fourth-order valence-corrected chi connectivity index (χ4v) is 4.10. The Labute approximate surface area is 139 Å². The second kappa shape index (κ2) is 8.78. The minimum atomic E-state index is -4.61. The molecular formula is C16H29NO5S. The topological polar surface area (TPSA) is 91.8 Å². The molecule has 1 aliphatic heterocycles. The Morgan fingerprint density at radius 2 is 1.57 bits per heavy atom. The van der Waals surface area contributed by atoms with E-state index >= 15 is 0 Å². The van der Waals surface area contributed by atoms with Gasteiger partial charge in [0.05, 0.1) is 6.42 Å². The molecular weight excluding hydrogens is 318 g/mol. The molecule has 0 spiro atoms. The van der Waals surface area contributed by atoms with Crippen molar-refractivity contribution in [2.24, 2.45) is 0 Å². The molecule has 134 valence electrons. The second-order valence-corrected chi connectivity index (χ2v) is 8.10. The summed E-state index contributed by atoms with van der Waals surface area (Å²) in [5, 5.41) is 0. The quantitative estimate of drug-likeness (QED) is 0.352. The summed E-state index contributed by atoms with van der Waals surface area (Å²) < 4.78 is 31.4. The van der Waals surface area contributed by atoms with E-state index in [2.05, 4.69) is 6.92 Å². The number of rotatable bonds is 11. The summed E-state index contributed by atoms with van der Waals surface area (Å²) in [6.45, 7) is 4.33. The van der Waals surface area contributed by atoms with Gasteiger partial charge >= 0.3 is 0 Å². The van der Waals surface area contributed by atoms with Crippen LogP contribution in [0.25, 0.3) is 0 Å². The third-order valence-electron chi connectivity index (χ3n) is 4.54. The maximum atomic E-state index is 12.6. The van der Waals surface area contributed by atoms with Crippen LogP contribution in [0.1, 0.15) is 78.1 Å². The van der Waals surface area contributed by atoms with Gasteiger partial charge in [-0.15, -0.1) is 0 Å². The summed E-state index contributed by atoms with van der Waals surface area (Å²) in [6.07, 6.45) is 6.41. The van der Waals surface area contributed by atoms with Crippen LogP contribution in [0.4, 0.5) is 0 Å². The number of carbonyl (C=O) groups is 2. The largest absolute Gasteiger partial charge is 0.285 e. The van der Waals surface area contributed by atoms with E-state index in [1.807, 2.05) is 6.92 Å². The number of amides is 2. The summed E-state index contributed by atoms with van der Waals surface area (Å²) in [4.78, 5) is 25.7. The van der Waals surface area contributed by atoms with Gasteiger partial charge in [0.1, 0.15) is 0 Å². The van der Waals surface area contributed by atoms with Crippen LogP contribution in [0.15, 0.2) is 0 Å². The first-order valence-corrected chi connectivity index (χ1v) is 10.1. The van der Waals surface area contributed by atoms with Gasteiger partial charge in [0.2, 0.25) is 5.91 Å². The lowest BCUT2D eigenvalue weighted by Crippen LogP contribution is -2.46. The minimum absolute atomic E-state index is 0.0157. The smallest absolute Gasteiger partial charge is 0.280 e. The second-order valence-electron chi connectivity index (χ2n) is 6.37. The predicted octanol–water partition coefficient (Wildman–Crippen LogP) is 2.92. The third kappa shape index (κ3) is 4.76. The van der Waals surface area contributed by atoms with Gasteiger partial charge in [0.15, 0.2) is 4.75 Å². The van der Waals surface area contributed by atoms with Crippen molar-refractivity contribution in [2.75, 3.05) is 6.54 Å². The maximum absolute atomic E-state index is 12.6. The van der Waals surface area contributed by atoms with E-state index in [1.165, 1.54) is 0 Å². The molecule has 1 fully saturated rings. The highest BCUT2D eigenvalue weighted by atomic mass is 32.2. The zero-order valence-electron chi connectivity index (χ0n) is 14.2. The minimum Gasteiger partial charge on any atom is -0.285 e. The van der Waals surface area contributed by atoms with Crippen LogP contribution in [-0.4, -0.2) is 41.0 Å². The zero-order chi connectivity index (χ0) is 17.5. The van der Waals surface area contributed by atoms with Gasteiger partial charge in [0.25, 0.3) is 16.0 Å². The first-order valence-electron chi connectivity index (χ1n) is 8.62. The Morgan fingerprint density at radius 3 is 2.09 bits per heavy atom. The van der Waals surface area contributed by atoms with Crippen LogP contribution in [-0.2, 0) is 19.7 Å². The lowest BCUT2D eigenvalue weighted by atomic mass is 9.98. The van der Waals surface area contributed by atoms with Crippen molar-refractivity contribution in [3.63, 3.8) is 0 Å². The van der Waals surface area contributed by atoms with E-state index < -0.39 is 33.1 Å². The molecule has 1 rings (SSSR count). The van der Waals surface area contributed by atoms with Crippen LogP contribution < -0.4 is 0 Å². The van der Waals surface area contributed by atoms with Gasteiger partial charge in [0, 0.05) is 6.54 Å². The molecule has 6 nitrogen and oxygen atoms in total. The number of unbranched alkanes of at least 4 members (excludes halogenated alkanes) is 6. The average molecular weight is 347 g/mol. The van der Waals surface area contributed by atoms with Gasteiger partial charge < -0.3 is 0 Å². The van der Waals surface area contributed by atoms with Crippen LogP contribution >= 0.6 is 0 Å². The van der Waals surface area contributed by atoms with Crippen molar-refractivity contribution in [2.45, 2.75) is 82.8 Å². The highest BCUT2D eigenvalue weighted by Crippen LogP contribution is 2.36. The van der Waals surface area contributed by atoms with Gasteiger partial charge in [-0.3, -0.25) is 19.0 Å². The Balaban J connectivity index is 2.82. The maximum Gasteiger partial charge on any atom is 0.280 e. The molecule has 1 saturated heterocycles. The lowest BCUT2D eigenvalue weighted by Gasteiger charge is -2.23. The van der Waals surface area contributed by atoms with E-state index in [-0.39, 0.29) is 13.0 Å². The molecule has 23 heavy (non-hydrogen) atoms. The van der Waals surface area contributed by atoms with Crippen LogP contribution in [0.3, 0.4) is 0 Å². The summed E-state index contributed by atoms with van der Waals surface area (Å²) in [5.74, 6) is -1.22. The molecule has 1 aliphatic rings. The number of likely N-dealkylation sites (tertiary alicyclic amines) is 1. The fraction of sp³-hybridized carbons (Fsp3) is 0.875. The molecule has 7 heteroatoms. The Kier molecular flexibility index (Phi) is 7.67. The van der Waals surface area contributed by atoms with Crippen LogP contribution in [0.2, 0.25) is 0 Å². The molecule has 0 aromatic heterocycles. The average Bonchev–Trinajstić information content (AvgIpc) is 2.72. The Bertz CT molecular complexity index is 517. The van der Waals surface area contributed by atoms with Gasteiger partial charge in [-0.05, 0) is 12.8 Å². The molecule has 0 aromatic carbocycles. The number of carbonyl (C=O) groups excluding carboxylic acids is 2. The normalized spacial score (nSPS) is 22.1. The number of hydrogen-bond acceptors (Lipinski definition) is 4. The van der Waals surface area contributed by atoms with E-state index in [0.29, 0.717) is 12.8 Å². The Hall–Kier alpha value is -0.950. The highest BCUT2D eigenvalue weighted by molar-refractivity contribution is 7.88. The molecule has 2 amide bonds. The van der Waals surface area contributed by atoms with Crippen molar-refractivity contribution >= 4 is 21.9 Å². The molecule has 0 saturated carbocycles. The third-order valence-corrected chi connectivity index (χ3v) is 6.05. The van der Waals surface area contributed by atoms with Gasteiger partial charge in [-0.25, -0.2) is 0 Å². The monoisotopic (exact) mass is 347 g/mol. The number of nitrogens with zero attached hydrogens (tertiary/aromatic N) is 1. The standard InChI is InChI=1S/C16H29NO5S/c1-3-5-7-9-11-16(23(20,21)22)13-14(18)17(15(16)19)12-10-8-6-4-2/h3-13H2,1-2H3,(H,20,21,22). The summed E-state index contributed by atoms with van der Waals surface area (Å²) in [5.41, 5.74) is 0. The van der Waals surface area contributed by atoms with Crippen molar-refractivity contribution < 1.29 is 22.6 Å². The Morgan fingerprint density at radius 1 is 1.00 bits per heavy atom. The molecule has 1 heterocycles. The SMILES string of the molecule is CCCCCCN1C(=O)CC(CCCCCC)(S(=O)(=O)O)C1=O.